The number of rotatable bonds is 5. The van der Waals surface area contributed by atoms with Crippen molar-refractivity contribution >= 4 is 11.6 Å². The molecule has 1 aromatic carbocycles. The molecule has 2 aliphatic heterocycles. The lowest BCUT2D eigenvalue weighted by atomic mass is 9.89. The fourth-order valence-electron chi connectivity index (χ4n) is 3.90. The number of ether oxygens (including phenoxy) is 1. The maximum atomic E-state index is 11.6. The molecule has 0 unspecified atom stereocenters. The van der Waals surface area contributed by atoms with E-state index in [-0.39, 0.29) is 5.91 Å². The molecule has 0 spiro atoms. The van der Waals surface area contributed by atoms with Gasteiger partial charge in [-0.1, -0.05) is 25.5 Å². The van der Waals surface area contributed by atoms with Crippen LogP contribution in [0.15, 0.2) is 24.3 Å². The van der Waals surface area contributed by atoms with E-state index < -0.39 is 0 Å². The Balaban J connectivity index is 1.51. The van der Waals surface area contributed by atoms with E-state index in [4.69, 9.17) is 4.74 Å². The van der Waals surface area contributed by atoms with Gasteiger partial charge < -0.3 is 19.9 Å². The fourth-order valence-corrected chi connectivity index (χ4v) is 3.90. The molecule has 1 amide bonds. The normalized spacial score (nSPS) is 24.4. The molecule has 0 saturated carbocycles. The van der Waals surface area contributed by atoms with E-state index in [1.807, 2.05) is 4.90 Å². The highest BCUT2D eigenvalue weighted by Gasteiger charge is 2.28. The zero-order valence-corrected chi connectivity index (χ0v) is 15.5. The van der Waals surface area contributed by atoms with E-state index in [1.165, 1.54) is 11.3 Å². The Labute approximate surface area is 151 Å². The van der Waals surface area contributed by atoms with Gasteiger partial charge in [-0.25, -0.2) is 0 Å². The van der Waals surface area contributed by atoms with Gasteiger partial charge in [0.25, 0.3) is 0 Å². The molecule has 0 aliphatic carbocycles. The van der Waals surface area contributed by atoms with Crippen molar-refractivity contribution in [3.63, 3.8) is 0 Å². The SMILES string of the molecule is CC[C@H]1CN(C(C)=O)CC[C@H]1NCc1ccc(N2CCOCC2)cc1. The quantitative estimate of drug-likeness (QED) is 0.889. The van der Waals surface area contributed by atoms with Crippen LogP contribution in [0.4, 0.5) is 5.69 Å². The average molecular weight is 345 g/mol. The summed E-state index contributed by atoms with van der Waals surface area (Å²) in [6, 6.07) is 9.39. The Morgan fingerprint density at radius 1 is 1.20 bits per heavy atom. The number of anilines is 1. The summed E-state index contributed by atoms with van der Waals surface area (Å²) in [6.07, 6.45) is 2.15. The van der Waals surface area contributed by atoms with Gasteiger partial charge in [0.05, 0.1) is 13.2 Å². The predicted octanol–water partition coefficient (Wildman–Crippen LogP) is 2.26. The number of piperidine rings is 1. The Morgan fingerprint density at radius 3 is 2.56 bits per heavy atom. The van der Waals surface area contributed by atoms with Crippen molar-refractivity contribution in [2.45, 2.75) is 39.3 Å². The molecule has 3 rings (SSSR count). The summed E-state index contributed by atoms with van der Waals surface area (Å²) in [7, 11) is 0. The van der Waals surface area contributed by atoms with Gasteiger partial charge in [-0.05, 0) is 30.0 Å². The Kier molecular flexibility index (Phi) is 6.32. The summed E-state index contributed by atoms with van der Waals surface area (Å²) in [5.41, 5.74) is 2.61. The van der Waals surface area contributed by atoms with Gasteiger partial charge in [-0.2, -0.15) is 0 Å². The van der Waals surface area contributed by atoms with Crippen LogP contribution in [0.2, 0.25) is 0 Å². The number of carbonyl (C=O) groups excluding carboxylic acids is 1. The van der Waals surface area contributed by atoms with E-state index in [0.29, 0.717) is 12.0 Å². The molecular formula is C20H31N3O2. The topological polar surface area (TPSA) is 44.8 Å². The van der Waals surface area contributed by atoms with E-state index >= 15 is 0 Å². The molecule has 138 valence electrons. The van der Waals surface area contributed by atoms with E-state index in [2.05, 4.69) is 41.4 Å². The van der Waals surface area contributed by atoms with Crippen LogP contribution in [0.25, 0.3) is 0 Å². The molecule has 1 N–H and O–H groups in total. The van der Waals surface area contributed by atoms with Gasteiger partial charge in [0, 0.05) is 51.4 Å². The third kappa shape index (κ3) is 4.73. The van der Waals surface area contributed by atoms with E-state index in [1.54, 1.807) is 6.92 Å². The van der Waals surface area contributed by atoms with Gasteiger partial charge in [-0.15, -0.1) is 0 Å². The third-order valence-corrected chi connectivity index (χ3v) is 5.58. The van der Waals surface area contributed by atoms with Crippen molar-refractivity contribution in [1.82, 2.24) is 10.2 Å². The molecule has 2 atom stereocenters. The highest BCUT2D eigenvalue weighted by Crippen LogP contribution is 2.21. The number of benzene rings is 1. The van der Waals surface area contributed by atoms with Crippen LogP contribution in [-0.4, -0.2) is 56.2 Å². The van der Waals surface area contributed by atoms with Crippen molar-refractivity contribution in [2.75, 3.05) is 44.3 Å². The maximum Gasteiger partial charge on any atom is 0.219 e. The van der Waals surface area contributed by atoms with Gasteiger partial charge in [0.1, 0.15) is 0 Å². The van der Waals surface area contributed by atoms with E-state index in [9.17, 15) is 4.79 Å². The summed E-state index contributed by atoms with van der Waals surface area (Å²) in [5.74, 6) is 0.751. The summed E-state index contributed by atoms with van der Waals surface area (Å²) < 4.78 is 5.42. The first kappa shape index (κ1) is 18.2. The van der Waals surface area contributed by atoms with E-state index in [0.717, 1.165) is 58.8 Å². The molecule has 2 heterocycles. The first-order valence-corrected chi connectivity index (χ1v) is 9.58. The molecule has 1 aromatic rings. The highest BCUT2D eigenvalue weighted by molar-refractivity contribution is 5.73. The second kappa shape index (κ2) is 8.68. The minimum absolute atomic E-state index is 0.204. The largest absolute Gasteiger partial charge is 0.378 e. The molecule has 25 heavy (non-hydrogen) atoms. The van der Waals surface area contributed by atoms with Crippen LogP contribution in [0, 0.1) is 5.92 Å². The maximum absolute atomic E-state index is 11.6. The number of nitrogens with zero attached hydrogens (tertiary/aromatic N) is 2. The number of nitrogens with one attached hydrogen (secondary N) is 1. The first-order chi connectivity index (χ1) is 12.2. The molecule has 0 radical (unpaired) electrons. The van der Waals surface area contributed by atoms with Crippen LogP contribution in [0.5, 0.6) is 0 Å². The highest BCUT2D eigenvalue weighted by atomic mass is 16.5. The van der Waals surface area contributed by atoms with Crippen molar-refractivity contribution < 1.29 is 9.53 Å². The van der Waals surface area contributed by atoms with Gasteiger partial charge in [0.2, 0.25) is 5.91 Å². The van der Waals surface area contributed by atoms with Crippen molar-refractivity contribution in [3.05, 3.63) is 29.8 Å². The van der Waals surface area contributed by atoms with Crippen molar-refractivity contribution in [3.8, 4) is 0 Å². The van der Waals surface area contributed by atoms with Crippen LogP contribution in [0.3, 0.4) is 0 Å². The zero-order valence-electron chi connectivity index (χ0n) is 15.5. The second-order valence-corrected chi connectivity index (χ2v) is 7.18. The summed E-state index contributed by atoms with van der Waals surface area (Å²) in [5, 5.41) is 3.73. The first-order valence-electron chi connectivity index (χ1n) is 9.58. The Bertz CT molecular complexity index is 555. The number of hydrogen-bond acceptors (Lipinski definition) is 4. The van der Waals surface area contributed by atoms with Gasteiger partial charge in [0.15, 0.2) is 0 Å². The number of hydrogen-bond donors (Lipinski definition) is 1. The minimum atomic E-state index is 0.204. The minimum Gasteiger partial charge on any atom is -0.378 e. The standard InChI is InChI=1S/C20H31N3O2/c1-3-18-15-23(16(2)24)9-8-20(18)21-14-17-4-6-19(7-5-17)22-10-12-25-13-11-22/h4-7,18,20-21H,3,8-15H2,1-2H3/t18-,20+/m0/s1. The van der Waals surface area contributed by atoms with Crippen LogP contribution in [0.1, 0.15) is 32.3 Å². The fraction of sp³-hybridized carbons (Fsp3) is 0.650. The molecule has 0 bridgehead atoms. The third-order valence-electron chi connectivity index (χ3n) is 5.58. The summed E-state index contributed by atoms with van der Waals surface area (Å²) in [6.45, 7) is 10.1. The predicted molar refractivity (Wildman–Crippen MR) is 101 cm³/mol. The Morgan fingerprint density at radius 2 is 1.92 bits per heavy atom. The van der Waals surface area contributed by atoms with Gasteiger partial charge in [-0.3, -0.25) is 4.79 Å². The molecule has 5 heteroatoms. The molecule has 2 fully saturated rings. The van der Waals surface area contributed by atoms with Crippen LogP contribution < -0.4 is 10.2 Å². The lowest BCUT2D eigenvalue weighted by Crippen LogP contribution is -2.50. The lowest BCUT2D eigenvalue weighted by molar-refractivity contribution is -0.131. The monoisotopic (exact) mass is 345 g/mol. The second-order valence-electron chi connectivity index (χ2n) is 7.18. The Hall–Kier alpha value is -1.59. The number of carbonyl (C=O) groups is 1. The lowest BCUT2D eigenvalue weighted by Gasteiger charge is -2.38. The number of amides is 1. The summed E-state index contributed by atoms with van der Waals surface area (Å²) in [4.78, 5) is 16.0. The molecule has 2 aliphatic rings. The molecular weight excluding hydrogens is 314 g/mol. The van der Waals surface area contributed by atoms with Crippen molar-refractivity contribution in [1.29, 1.82) is 0 Å². The van der Waals surface area contributed by atoms with Gasteiger partial charge >= 0.3 is 0 Å². The van der Waals surface area contributed by atoms with Crippen molar-refractivity contribution in [2.24, 2.45) is 5.92 Å². The van der Waals surface area contributed by atoms with Crippen LogP contribution in [-0.2, 0) is 16.1 Å². The molecule has 0 aromatic heterocycles. The summed E-state index contributed by atoms with van der Waals surface area (Å²) >= 11 is 0. The zero-order chi connectivity index (χ0) is 17.6. The smallest absolute Gasteiger partial charge is 0.219 e. The molecule has 5 nitrogen and oxygen atoms in total. The number of likely N-dealkylation sites (tertiary alicyclic amines) is 1. The number of morpholine rings is 1. The van der Waals surface area contributed by atoms with Crippen LogP contribution >= 0.6 is 0 Å². The average Bonchev–Trinajstić information content (AvgIpc) is 2.67. The molecule has 2 saturated heterocycles.